The van der Waals surface area contributed by atoms with E-state index in [9.17, 15) is 0 Å². The molecule has 1 aromatic heterocycles. The van der Waals surface area contributed by atoms with Crippen LogP contribution in [0.4, 0.5) is 0 Å². The van der Waals surface area contributed by atoms with Crippen molar-refractivity contribution in [3.63, 3.8) is 0 Å². The number of nitrogens with two attached hydrogens (primary N) is 1. The number of imidazole rings is 1. The van der Waals surface area contributed by atoms with Crippen LogP contribution in [0.3, 0.4) is 0 Å². The number of rotatable bonds is 4. The summed E-state index contributed by atoms with van der Waals surface area (Å²) in [6, 6.07) is -0.190. The van der Waals surface area contributed by atoms with Gasteiger partial charge in [-0.05, 0) is 6.92 Å². The highest BCUT2D eigenvalue weighted by Crippen LogP contribution is 1.98. The van der Waals surface area contributed by atoms with Crippen LogP contribution < -0.4 is 5.73 Å². The maximum Gasteiger partial charge on any atom is 0.0949 e. The Kier molecular flexibility index (Phi) is 3.25. The van der Waals surface area contributed by atoms with Crippen LogP contribution >= 0.6 is 0 Å². The van der Waals surface area contributed by atoms with Crippen LogP contribution in [0.15, 0.2) is 12.5 Å². The zero-order valence-electron chi connectivity index (χ0n) is 7.27. The van der Waals surface area contributed by atoms with Crippen LogP contribution in [0, 0.1) is 0 Å². The highest BCUT2D eigenvalue weighted by molar-refractivity contribution is 4.98. The lowest BCUT2D eigenvalue weighted by molar-refractivity contribution is 0.264. The average Bonchev–Trinajstić information content (AvgIpc) is 2.52. The smallest absolute Gasteiger partial charge is 0.0949 e. The number of aromatic nitrogens is 2. The first-order chi connectivity index (χ1) is 5.76. The Bertz CT molecular complexity index is 234. The number of hydrogen-bond donors (Lipinski definition) is 2. The Morgan fingerprint density at radius 3 is 3.00 bits per heavy atom. The molecule has 0 saturated carbocycles. The van der Waals surface area contributed by atoms with E-state index in [0.717, 1.165) is 12.2 Å². The van der Waals surface area contributed by atoms with Crippen molar-refractivity contribution in [3.8, 4) is 0 Å². The molecule has 0 aliphatic rings. The predicted octanol–water partition coefficient (Wildman–Crippen LogP) is -0.235. The van der Waals surface area contributed by atoms with Crippen molar-refractivity contribution in [2.75, 3.05) is 6.61 Å². The summed E-state index contributed by atoms with van der Waals surface area (Å²) in [5.74, 6) is 0. The van der Waals surface area contributed by atoms with E-state index in [0.29, 0.717) is 6.42 Å². The molecule has 0 spiro atoms. The molecule has 68 valence electrons. The summed E-state index contributed by atoms with van der Waals surface area (Å²) >= 11 is 0. The van der Waals surface area contributed by atoms with Crippen molar-refractivity contribution in [2.24, 2.45) is 5.73 Å². The van der Waals surface area contributed by atoms with Gasteiger partial charge in [0.15, 0.2) is 0 Å². The second kappa shape index (κ2) is 4.23. The van der Waals surface area contributed by atoms with E-state index in [2.05, 4.69) is 11.9 Å². The van der Waals surface area contributed by atoms with Crippen LogP contribution in [-0.4, -0.2) is 27.3 Å². The van der Waals surface area contributed by atoms with Crippen LogP contribution in [0.1, 0.15) is 12.6 Å². The highest BCUT2D eigenvalue weighted by atomic mass is 16.3. The molecule has 0 radical (unpaired) electrons. The fraction of sp³-hybridized carbons (Fsp3) is 0.625. The Morgan fingerprint density at radius 2 is 2.50 bits per heavy atom. The van der Waals surface area contributed by atoms with Gasteiger partial charge in [0, 0.05) is 25.2 Å². The lowest BCUT2D eigenvalue weighted by Gasteiger charge is -2.03. The molecule has 3 N–H and O–H groups in total. The van der Waals surface area contributed by atoms with Crippen LogP contribution in [0.5, 0.6) is 0 Å². The number of aliphatic hydroxyl groups excluding tert-OH is 1. The molecule has 0 aromatic carbocycles. The van der Waals surface area contributed by atoms with Gasteiger partial charge in [0.25, 0.3) is 0 Å². The quantitative estimate of drug-likeness (QED) is 0.654. The van der Waals surface area contributed by atoms with Gasteiger partial charge in [-0.15, -0.1) is 0 Å². The monoisotopic (exact) mass is 169 g/mol. The van der Waals surface area contributed by atoms with Crippen molar-refractivity contribution in [1.82, 2.24) is 9.55 Å². The van der Waals surface area contributed by atoms with E-state index < -0.39 is 0 Å². The van der Waals surface area contributed by atoms with Gasteiger partial charge in [-0.2, -0.15) is 0 Å². The van der Waals surface area contributed by atoms with Gasteiger partial charge in [-0.3, -0.25) is 0 Å². The molecule has 0 unspecified atom stereocenters. The number of nitrogens with zero attached hydrogens (tertiary/aromatic N) is 2. The van der Waals surface area contributed by atoms with Crippen molar-refractivity contribution in [1.29, 1.82) is 0 Å². The van der Waals surface area contributed by atoms with Crippen LogP contribution in [0.25, 0.3) is 0 Å². The normalized spacial score (nSPS) is 13.2. The first-order valence-corrected chi connectivity index (χ1v) is 4.13. The van der Waals surface area contributed by atoms with Gasteiger partial charge >= 0.3 is 0 Å². The zero-order chi connectivity index (χ0) is 8.97. The van der Waals surface area contributed by atoms with Crippen molar-refractivity contribution < 1.29 is 5.11 Å². The predicted molar refractivity (Wildman–Crippen MR) is 46.7 cm³/mol. The number of hydrogen-bond acceptors (Lipinski definition) is 3. The van der Waals surface area contributed by atoms with E-state index in [1.807, 2.05) is 10.8 Å². The fourth-order valence-electron chi connectivity index (χ4n) is 1.02. The van der Waals surface area contributed by atoms with E-state index in [-0.39, 0.29) is 12.6 Å². The summed E-state index contributed by atoms with van der Waals surface area (Å²) < 4.78 is 1.99. The summed E-state index contributed by atoms with van der Waals surface area (Å²) in [7, 11) is 0. The number of aliphatic hydroxyl groups is 1. The Balaban J connectivity index is 2.52. The molecular formula is C8H15N3O. The molecule has 12 heavy (non-hydrogen) atoms. The minimum absolute atomic E-state index is 0.0129. The lowest BCUT2D eigenvalue weighted by atomic mass is 10.2. The van der Waals surface area contributed by atoms with E-state index in [4.69, 9.17) is 10.8 Å². The third-order valence-corrected chi connectivity index (χ3v) is 1.76. The van der Waals surface area contributed by atoms with E-state index in [1.54, 1.807) is 6.33 Å². The minimum Gasteiger partial charge on any atom is -0.395 e. The first-order valence-electron chi connectivity index (χ1n) is 4.13. The molecular weight excluding hydrogens is 154 g/mol. The first kappa shape index (κ1) is 9.22. The third kappa shape index (κ3) is 2.32. The van der Waals surface area contributed by atoms with Crippen molar-refractivity contribution >= 4 is 0 Å². The topological polar surface area (TPSA) is 64.1 Å². The molecule has 0 fully saturated rings. The minimum atomic E-state index is -0.190. The Labute approximate surface area is 72.0 Å². The molecule has 0 aliphatic carbocycles. The molecule has 4 heteroatoms. The van der Waals surface area contributed by atoms with Crippen LogP contribution in [-0.2, 0) is 13.0 Å². The zero-order valence-corrected chi connectivity index (χ0v) is 7.27. The lowest BCUT2D eigenvalue weighted by Crippen LogP contribution is -2.26. The molecule has 1 heterocycles. The van der Waals surface area contributed by atoms with E-state index in [1.165, 1.54) is 0 Å². The summed E-state index contributed by atoms with van der Waals surface area (Å²) in [5, 5.41) is 8.70. The standard InChI is InChI=1S/C8H15N3O/c1-2-11-4-8(10-6-11)3-7(9)5-12/h4,6-7,12H,2-3,5,9H2,1H3/t7-/m1/s1. The average molecular weight is 169 g/mol. The highest BCUT2D eigenvalue weighted by Gasteiger charge is 2.04. The van der Waals surface area contributed by atoms with Gasteiger partial charge in [-0.1, -0.05) is 0 Å². The molecule has 0 amide bonds. The molecule has 0 saturated heterocycles. The molecule has 1 rings (SSSR count). The van der Waals surface area contributed by atoms with Gasteiger partial charge < -0.3 is 15.4 Å². The maximum absolute atomic E-state index is 8.70. The van der Waals surface area contributed by atoms with E-state index >= 15 is 0 Å². The maximum atomic E-state index is 8.70. The SMILES string of the molecule is CCn1cnc(C[C@@H](N)CO)c1. The van der Waals surface area contributed by atoms with Gasteiger partial charge in [0.2, 0.25) is 0 Å². The fourth-order valence-corrected chi connectivity index (χ4v) is 1.02. The number of aryl methyl sites for hydroxylation is 1. The van der Waals surface area contributed by atoms with Gasteiger partial charge in [0.1, 0.15) is 0 Å². The molecule has 0 aliphatic heterocycles. The molecule has 1 atom stereocenters. The van der Waals surface area contributed by atoms with Crippen LogP contribution in [0.2, 0.25) is 0 Å². The molecule has 1 aromatic rings. The van der Waals surface area contributed by atoms with Gasteiger partial charge in [-0.25, -0.2) is 4.98 Å². The summed E-state index contributed by atoms with van der Waals surface area (Å²) in [6.07, 6.45) is 4.37. The summed E-state index contributed by atoms with van der Waals surface area (Å²) in [4.78, 5) is 4.15. The van der Waals surface area contributed by atoms with Crippen molar-refractivity contribution in [2.45, 2.75) is 25.9 Å². The summed E-state index contributed by atoms with van der Waals surface area (Å²) in [6.45, 7) is 2.98. The Hall–Kier alpha value is -0.870. The second-order valence-corrected chi connectivity index (χ2v) is 2.84. The second-order valence-electron chi connectivity index (χ2n) is 2.84. The van der Waals surface area contributed by atoms with Gasteiger partial charge in [0.05, 0.1) is 18.6 Å². The molecule has 4 nitrogen and oxygen atoms in total. The largest absolute Gasteiger partial charge is 0.395 e. The summed E-state index contributed by atoms with van der Waals surface area (Å²) in [5.41, 5.74) is 6.50. The van der Waals surface area contributed by atoms with Crippen molar-refractivity contribution in [3.05, 3.63) is 18.2 Å². The Morgan fingerprint density at radius 1 is 1.75 bits per heavy atom. The third-order valence-electron chi connectivity index (χ3n) is 1.76. The molecule has 0 bridgehead atoms.